The van der Waals surface area contributed by atoms with E-state index in [0.717, 1.165) is 58.0 Å². The minimum absolute atomic E-state index is 0.0842. The number of nitrogens with zero attached hydrogens (tertiary/aromatic N) is 7. The first-order valence-electron chi connectivity index (χ1n) is 20.8. The zero-order valence-electron chi connectivity index (χ0n) is 36.2. The molecule has 0 bridgehead atoms. The van der Waals surface area contributed by atoms with E-state index in [1.54, 1.807) is 76.8 Å². The summed E-state index contributed by atoms with van der Waals surface area (Å²) in [6.45, 7) is 3.23. The van der Waals surface area contributed by atoms with Crippen LogP contribution in [0, 0.1) is 6.92 Å². The van der Waals surface area contributed by atoms with E-state index in [0.29, 0.717) is 62.3 Å². The van der Waals surface area contributed by atoms with E-state index in [1.165, 1.54) is 16.9 Å². The van der Waals surface area contributed by atoms with Gasteiger partial charge in [-0.3, -0.25) is 19.1 Å². The Bertz CT molecular complexity index is 3080. The zero-order chi connectivity index (χ0) is 45.8. The lowest BCUT2D eigenvalue weighted by Crippen LogP contribution is -2.39. The van der Waals surface area contributed by atoms with Crippen LogP contribution in [0.3, 0.4) is 0 Å². The molecule has 0 aliphatic heterocycles. The number of oxazole rings is 1. The van der Waals surface area contributed by atoms with Crippen molar-refractivity contribution in [3.63, 3.8) is 0 Å². The summed E-state index contributed by atoms with van der Waals surface area (Å²) in [7, 11) is 4.86. The number of carbonyl (C=O) groups excluding carboxylic acids is 2. The molecular weight excluding hydrogens is 854 g/mol. The molecule has 2 amide bonds. The van der Waals surface area contributed by atoms with Crippen LogP contribution in [0.25, 0.3) is 50.2 Å². The lowest BCUT2D eigenvalue weighted by molar-refractivity contribution is 0.0918. The van der Waals surface area contributed by atoms with Gasteiger partial charge in [-0.1, -0.05) is 29.8 Å². The van der Waals surface area contributed by atoms with E-state index in [9.17, 15) is 14.4 Å². The van der Waals surface area contributed by atoms with Gasteiger partial charge in [0.25, 0.3) is 17.4 Å². The number of aliphatic hydroxyl groups excluding tert-OH is 1. The number of carbonyl (C=O) groups is 2. The number of hydrogen-bond donors (Lipinski definition) is 5. The maximum Gasteiger partial charge on any atom is 0.284 e. The van der Waals surface area contributed by atoms with Gasteiger partial charge in [-0.25, -0.2) is 4.98 Å². The number of fused-ring (bicyclic) bond motifs is 2. The summed E-state index contributed by atoms with van der Waals surface area (Å²) in [5.41, 5.74) is 6.05. The Morgan fingerprint density at radius 1 is 1.02 bits per heavy atom. The molecule has 0 spiro atoms. The van der Waals surface area contributed by atoms with Crippen molar-refractivity contribution in [2.45, 2.75) is 51.7 Å². The van der Waals surface area contributed by atoms with Crippen LogP contribution >= 0.6 is 11.6 Å². The molecule has 1 fully saturated rings. The van der Waals surface area contributed by atoms with Crippen LogP contribution in [-0.2, 0) is 7.05 Å². The van der Waals surface area contributed by atoms with Gasteiger partial charge in [0.05, 0.1) is 42.9 Å². The number of rotatable bonds is 12. The number of halogens is 1. The standard InChI is InChI=1S/C28H28N6O4.C18H18ClN5O3/c1-15-31-21-10-8-16(12-23(21)37-15)19-14-30-25-24(19)27(38-18-6-4-5-7-18)34-28(33-25)32-20-11-9-17(26(35)29-2)13-22(20)36-3;1-11(10-25)21-17(26)15-7-16(12-3-5-13(19)6-4-12)22-24(18(15)27)14-8-20-23(2)9-14/h8-14,18H,4-7H2,1-3H3,(H,29,35)(H2,30,32,33,34);3-9,11,25H,10H2,1-2H3,(H,21,26). The molecule has 1 aliphatic carbocycles. The number of benzene rings is 3. The average Bonchev–Trinajstić information content (AvgIpc) is 4.14. The van der Waals surface area contributed by atoms with Crippen molar-refractivity contribution >= 4 is 57.2 Å². The number of aromatic nitrogens is 8. The highest BCUT2D eigenvalue weighted by molar-refractivity contribution is 6.30. The molecule has 1 atom stereocenters. The van der Waals surface area contributed by atoms with Crippen molar-refractivity contribution in [3.05, 3.63) is 118 Å². The van der Waals surface area contributed by atoms with Gasteiger partial charge < -0.3 is 39.9 Å². The second-order valence-corrected chi connectivity index (χ2v) is 15.9. The van der Waals surface area contributed by atoms with Gasteiger partial charge in [0.2, 0.25) is 11.8 Å². The van der Waals surface area contributed by atoms with E-state index >= 15 is 0 Å². The summed E-state index contributed by atoms with van der Waals surface area (Å²) in [5.74, 6) is 1.20. The quantitative estimate of drug-likeness (QED) is 0.0841. The summed E-state index contributed by atoms with van der Waals surface area (Å²) >= 11 is 5.93. The molecular formula is C46H46ClN11O7. The second-order valence-electron chi connectivity index (χ2n) is 15.4. The molecule has 1 saturated carbocycles. The number of methoxy groups -OCH3 is 1. The fourth-order valence-corrected chi connectivity index (χ4v) is 7.53. The van der Waals surface area contributed by atoms with Gasteiger partial charge in [0, 0.05) is 55.0 Å². The second kappa shape index (κ2) is 19.0. The van der Waals surface area contributed by atoms with Crippen LogP contribution in [0.1, 0.15) is 59.2 Å². The molecule has 0 radical (unpaired) electrons. The number of anilines is 2. The topological polar surface area (TPSA) is 229 Å². The summed E-state index contributed by atoms with van der Waals surface area (Å²) in [4.78, 5) is 54.7. The van der Waals surface area contributed by atoms with Crippen molar-refractivity contribution in [2.75, 3.05) is 26.1 Å². The van der Waals surface area contributed by atoms with E-state index in [-0.39, 0.29) is 24.2 Å². The number of aliphatic hydroxyl groups is 1. The Kier molecular flexibility index (Phi) is 12.9. The third-order valence-electron chi connectivity index (χ3n) is 10.7. The molecule has 1 unspecified atom stereocenters. The zero-order valence-corrected chi connectivity index (χ0v) is 36.9. The van der Waals surface area contributed by atoms with Gasteiger partial charge in [0.15, 0.2) is 11.5 Å². The molecule has 65 heavy (non-hydrogen) atoms. The Hall–Kier alpha value is -7.57. The fourth-order valence-electron chi connectivity index (χ4n) is 7.40. The van der Waals surface area contributed by atoms with E-state index < -0.39 is 17.5 Å². The van der Waals surface area contributed by atoms with Crippen LogP contribution in [-0.4, -0.2) is 89.3 Å². The van der Waals surface area contributed by atoms with Gasteiger partial charge in [-0.15, -0.1) is 0 Å². The molecule has 1 aliphatic rings. The van der Waals surface area contributed by atoms with E-state index in [2.05, 4.69) is 36.1 Å². The number of H-pyrrole nitrogens is 1. The number of aromatic amines is 1. The normalized spacial score (nSPS) is 13.0. The first-order valence-corrected chi connectivity index (χ1v) is 21.2. The molecule has 5 N–H and O–H groups in total. The summed E-state index contributed by atoms with van der Waals surface area (Å²) in [5, 5.41) is 27.4. The van der Waals surface area contributed by atoms with Gasteiger partial charge in [-0.2, -0.15) is 24.8 Å². The third-order valence-corrected chi connectivity index (χ3v) is 11.0. The molecule has 0 saturated heterocycles. The Labute approximate surface area is 377 Å². The first-order chi connectivity index (χ1) is 31.4. The molecule has 5 aromatic heterocycles. The van der Waals surface area contributed by atoms with E-state index in [1.807, 2.05) is 31.3 Å². The number of aryl methyl sites for hydroxylation is 2. The molecule has 18 nitrogen and oxygen atoms in total. The van der Waals surface area contributed by atoms with Crippen LogP contribution in [0.5, 0.6) is 11.6 Å². The molecule has 3 aromatic carbocycles. The summed E-state index contributed by atoms with van der Waals surface area (Å²) < 4.78 is 20.4. The van der Waals surface area contributed by atoms with Crippen LogP contribution in [0.2, 0.25) is 5.02 Å². The fraction of sp³-hybridized carbons (Fsp3) is 0.261. The maximum absolute atomic E-state index is 12.8. The predicted octanol–water partition coefficient (Wildman–Crippen LogP) is 6.90. The number of amides is 2. The molecule has 9 rings (SSSR count). The van der Waals surface area contributed by atoms with Crippen molar-refractivity contribution in [1.82, 2.24) is 50.1 Å². The number of hydrogen-bond acceptors (Lipinski definition) is 13. The third kappa shape index (κ3) is 9.68. The maximum atomic E-state index is 12.8. The monoisotopic (exact) mass is 899 g/mol. The Morgan fingerprint density at radius 3 is 2.49 bits per heavy atom. The minimum Gasteiger partial charge on any atom is -0.495 e. The van der Waals surface area contributed by atoms with Crippen molar-refractivity contribution in [2.24, 2.45) is 7.05 Å². The summed E-state index contributed by atoms with van der Waals surface area (Å²) in [6.07, 6.45) is 9.38. The highest BCUT2D eigenvalue weighted by Crippen LogP contribution is 2.38. The highest BCUT2D eigenvalue weighted by atomic mass is 35.5. The SMILES string of the molecule is CC(CO)NC(=O)c1cc(-c2ccc(Cl)cc2)nn(-c2cnn(C)c2)c1=O.CNC(=O)c1ccc(Nc2nc(OC3CCCC3)c3c(-c4ccc5nc(C)oc5c4)c[nH]c3n2)c(OC)c1. The van der Waals surface area contributed by atoms with Crippen LogP contribution in [0.4, 0.5) is 11.6 Å². The molecule has 8 aromatic rings. The highest BCUT2D eigenvalue weighted by Gasteiger charge is 2.24. The number of ether oxygens (including phenoxy) is 2. The summed E-state index contributed by atoms with van der Waals surface area (Å²) in [6, 6.07) is 18.9. The van der Waals surface area contributed by atoms with Crippen molar-refractivity contribution in [1.29, 1.82) is 0 Å². The Balaban J connectivity index is 0.000000188. The Morgan fingerprint density at radius 2 is 1.78 bits per heavy atom. The largest absolute Gasteiger partial charge is 0.495 e. The first kappa shape index (κ1) is 44.1. The molecule has 5 heterocycles. The smallest absolute Gasteiger partial charge is 0.284 e. The molecule has 19 heteroatoms. The lowest BCUT2D eigenvalue weighted by Gasteiger charge is -2.16. The minimum atomic E-state index is -0.586. The van der Waals surface area contributed by atoms with Gasteiger partial charge >= 0.3 is 0 Å². The predicted molar refractivity (Wildman–Crippen MR) is 245 cm³/mol. The lowest BCUT2D eigenvalue weighted by atomic mass is 10.1. The van der Waals surface area contributed by atoms with Gasteiger partial charge in [-0.05, 0) is 86.7 Å². The average molecular weight is 900 g/mol. The van der Waals surface area contributed by atoms with Crippen molar-refractivity contribution < 1.29 is 28.6 Å². The number of nitrogens with one attached hydrogen (secondary N) is 4. The van der Waals surface area contributed by atoms with Crippen LogP contribution in [0.15, 0.2) is 94.5 Å². The van der Waals surface area contributed by atoms with Crippen molar-refractivity contribution in [3.8, 4) is 39.7 Å². The molecule has 334 valence electrons. The van der Waals surface area contributed by atoms with E-state index in [4.69, 9.17) is 40.6 Å². The van der Waals surface area contributed by atoms with Crippen LogP contribution < -0.4 is 31.0 Å². The van der Waals surface area contributed by atoms with Gasteiger partial charge in [0.1, 0.15) is 34.3 Å².